The van der Waals surface area contributed by atoms with Gasteiger partial charge in [0.1, 0.15) is 0 Å². The summed E-state index contributed by atoms with van der Waals surface area (Å²) in [5.74, 6) is 1.38. The van der Waals surface area contributed by atoms with Crippen molar-refractivity contribution in [3.8, 4) is 0 Å². The van der Waals surface area contributed by atoms with E-state index in [9.17, 15) is 0 Å². The number of nitrogens with one attached hydrogen (secondary N) is 1. The molecule has 0 bridgehead atoms. The van der Waals surface area contributed by atoms with Crippen molar-refractivity contribution >= 4 is 29.9 Å². The van der Waals surface area contributed by atoms with Gasteiger partial charge in [-0.2, -0.15) is 5.10 Å². The minimum Gasteiger partial charge on any atom is -0.357 e. The van der Waals surface area contributed by atoms with Crippen molar-refractivity contribution in [2.75, 3.05) is 26.7 Å². The van der Waals surface area contributed by atoms with Crippen LogP contribution in [0, 0.1) is 0 Å². The molecule has 1 aromatic rings. The number of aliphatic imine (C=N–C) groups is 1. The number of hydrogen-bond acceptors (Lipinski definition) is 3. The molecule has 1 rings (SSSR count). The molecular formula is C20H41IN6. The monoisotopic (exact) mass is 492 g/mol. The summed E-state index contributed by atoms with van der Waals surface area (Å²) in [4.78, 5) is 9.53. The summed E-state index contributed by atoms with van der Waals surface area (Å²) < 4.78 is 1.91. The predicted octanol–water partition coefficient (Wildman–Crippen LogP) is 3.68. The minimum absolute atomic E-state index is 0. The maximum atomic E-state index is 4.86. The Morgan fingerprint density at radius 2 is 1.78 bits per heavy atom. The summed E-state index contributed by atoms with van der Waals surface area (Å²) in [5, 5.41) is 8.04. The molecule has 1 aromatic heterocycles. The molecule has 0 aliphatic carbocycles. The van der Waals surface area contributed by atoms with E-state index in [2.05, 4.69) is 81.9 Å². The fourth-order valence-electron chi connectivity index (χ4n) is 3.35. The van der Waals surface area contributed by atoms with E-state index in [1.165, 1.54) is 11.3 Å². The summed E-state index contributed by atoms with van der Waals surface area (Å²) >= 11 is 0. The largest absolute Gasteiger partial charge is 0.357 e. The Morgan fingerprint density at radius 3 is 2.26 bits per heavy atom. The first-order chi connectivity index (χ1) is 12.2. The molecule has 0 saturated heterocycles. The van der Waals surface area contributed by atoms with Gasteiger partial charge < -0.3 is 10.2 Å². The lowest BCUT2D eigenvalue weighted by molar-refractivity contribution is 0.180. The van der Waals surface area contributed by atoms with Crippen molar-refractivity contribution in [2.45, 2.75) is 73.0 Å². The van der Waals surface area contributed by atoms with Crippen molar-refractivity contribution in [1.82, 2.24) is 24.9 Å². The highest BCUT2D eigenvalue weighted by atomic mass is 127. The second-order valence-electron chi connectivity index (χ2n) is 7.88. The van der Waals surface area contributed by atoms with Crippen molar-refractivity contribution in [1.29, 1.82) is 0 Å². The fourth-order valence-corrected chi connectivity index (χ4v) is 3.35. The maximum absolute atomic E-state index is 4.86. The number of nitrogens with zero attached hydrogens (tertiary/aromatic N) is 5. The average Bonchev–Trinajstić information content (AvgIpc) is 2.90. The lowest BCUT2D eigenvalue weighted by Crippen LogP contribution is -2.41. The topological polar surface area (TPSA) is 48.7 Å². The van der Waals surface area contributed by atoms with Crippen molar-refractivity contribution in [3.63, 3.8) is 0 Å². The van der Waals surface area contributed by atoms with Crippen LogP contribution in [0.2, 0.25) is 0 Å². The van der Waals surface area contributed by atoms with Crippen LogP contribution < -0.4 is 5.32 Å². The number of aromatic nitrogens is 2. The molecule has 0 aliphatic heterocycles. The predicted molar refractivity (Wildman–Crippen MR) is 127 cm³/mol. The molecule has 0 amide bonds. The van der Waals surface area contributed by atoms with Crippen LogP contribution in [0.3, 0.4) is 0 Å². The summed E-state index contributed by atoms with van der Waals surface area (Å²) in [6.45, 7) is 18.9. The van der Waals surface area contributed by atoms with Gasteiger partial charge in [-0.05, 0) is 40.5 Å². The highest BCUT2D eigenvalue weighted by Gasteiger charge is 2.16. The Balaban J connectivity index is 0.00000676. The zero-order valence-electron chi connectivity index (χ0n) is 18.8. The molecule has 0 atom stereocenters. The van der Waals surface area contributed by atoms with E-state index in [1.54, 1.807) is 0 Å². The molecule has 1 heterocycles. The van der Waals surface area contributed by atoms with E-state index in [0.717, 1.165) is 32.1 Å². The molecule has 0 radical (unpaired) electrons. The smallest absolute Gasteiger partial charge is 0.194 e. The quantitative estimate of drug-likeness (QED) is 0.325. The first-order valence-electron chi connectivity index (χ1n) is 9.94. The lowest BCUT2D eigenvalue weighted by atomic mass is 10.1. The van der Waals surface area contributed by atoms with Gasteiger partial charge in [0.05, 0.1) is 12.2 Å². The molecule has 158 valence electrons. The zero-order valence-corrected chi connectivity index (χ0v) is 21.1. The number of hydrogen-bond donors (Lipinski definition) is 1. The van der Waals surface area contributed by atoms with Crippen LogP contribution in [0.4, 0.5) is 0 Å². The highest BCUT2D eigenvalue weighted by Crippen LogP contribution is 2.18. The molecule has 0 aromatic carbocycles. The van der Waals surface area contributed by atoms with Crippen LogP contribution in [0.25, 0.3) is 0 Å². The molecule has 1 N–H and O–H groups in total. The van der Waals surface area contributed by atoms with Crippen LogP contribution in [-0.2, 0) is 13.6 Å². The second-order valence-corrected chi connectivity index (χ2v) is 7.88. The fraction of sp³-hybridized carbons (Fsp3) is 0.800. The molecule has 0 saturated carbocycles. The zero-order chi connectivity index (χ0) is 19.9. The van der Waals surface area contributed by atoms with E-state index < -0.39 is 0 Å². The molecule has 27 heavy (non-hydrogen) atoms. The van der Waals surface area contributed by atoms with Gasteiger partial charge in [-0.25, -0.2) is 0 Å². The van der Waals surface area contributed by atoms with E-state index in [0.29, 0.717) is 18.0 Å². The number of aryl methyl sites for hydroxylation is 1. The number of halogens is 1. The van der Waals surface area contributed by atoms with Crippen LogP contribution in [0.5, 0.6) is 0 Å². The van der Waals surface area contributed by atoms with Crippen molar-refractivity contribution in [3.05, 3.63) is 17.5 Å². The Kier molecular flexibility index (Phi) is 12.2. The SMILES string of the molecule is CCNC(=NCCN(C(C)C)C(C)C)N(C)Cc1cn(C)nc1C(C)C.I. The summed E-state index contributed by atoms with van der Waals surface area (Å²) in [7, 11) is 4.09. The van der Waals surface area contributed by atoms with Gasteiger partial charge >= 0.3 is 0 Å². The minimum atomic E-state index is 0. The highest BCUT2D eigenvalue weighted by molar-refractivity contribution is 14.0. The number of guanidine groups is 1. The van der Waals surface area contributed by atoms with Gasteiger partial charge in [0.2, 0.25) is 0 Å². The Bertz CT molecular complexity index is 557. The molecular weight excluding hydrogens is 451 g/mol. The average molecular weight is 492 g/mol. The molecule has 0 unspecified atom stereocenters. The van der Waals surface area contributed by atoms with Gasteiger partial charge in [0.15, 0.2) is 5.96 Å². The Morgan fingerprint density at radius 1 is 1.19 bits per heavy atom. The first-order valence-corrected chi connectivity index (χ1v) is 9.94. The van der Waals surface area contributed by atoms with Gasteiger partial charge in [0, 0.05) is 57.6 Å². The molecule has 0 aliphatic rings. The summed E-state index contributed by atoms with van der Waals surface area (Å²) in [6.07, 6.45) is 2.12. The second kappa shape index (κ2) is 12.6. The molecule has 0 fully saturated rings. The standard InChI is InChI=1S/C20H40N6.HI/c1-10-21-20(22-11-12-26(16(4)5)17(6)7)24(8)13-18-14-25(9)23-19(18)15(2)3;/h14-17H,10-13H2,1-9H3,(H,21,22);1H. The lowest BCUT2D eigenvalue weighted by Gasteiger charge is -2.30. The normalized spacial score (nSPS) is 12.3. The molecule has 6 nitrogen and oxygen atoms in total. The van der Waals surface area contributed by atoms with Crippen molar-refractivity contribution in [2.24, 2.45) is 12.0 Å². The Labute approximate surface area is 183 Å². The van der Waals surface area contributed by atoms with Crippen LogP contribution >= 0.6 is 24.0 Å². The molecule has 0 spiro atoms. The van der Waals surface area contributed by atoms with E-state index in [1.807, 2.05) is 11.7 Å². The maximum Gasteiger partial charge on any atom is 0.194 e. The van der Waals surface area contributed by atoms with Crippen LogP contribution in [0.1, 0.15) is 65.6 Å². The third kappa shape index (κ3) is 8.37. The van der Waals surface area contributed by atoms with Gasteiger partial charge in [-0.3, -0.25) is 14.6 Å². The van der Waals surface area contributed by atoms with E-state index in [4.69, 9.17) is 4.99 Å². The van der Waals surface area contributed by atoms with Gasteiger partial charge in [-0.1, -0.05) is 13.8 Å². The third-order valence-corrected chi connectivity index (χ3v) is 4.53. The van der Waals surface area contributed by atoms with Gasteiger partial charge in [0.25, 0.3) is 0 Å². The summed E-state index contributed by atoms with van der Waals surface area (Å²) in [5.41, 5.74) is 2.43. The Hall–Kier alpha value is -0.830. The summed E-state index contributed by atoms with van der Waals surface area (Å²) in [6, 6.07) is 1.07. The third-order valence-electron chi connectivity index (χ3n) is 4.53. The van der Waals surface area contributed by atoms with Gasteiger partial charge in [-0.15, -0.1) is 24.0 Å². The molecule has 7 heteroatoms. The first kappa shape index (κ1) is 26.2. The number of rotatable bonds is 9. The van der Waals surface area contributed by atoms with Crippen molar-refractivity contribution < 1.29 is 0 Å². The van der Waals surface area contributed by atoms with Crippen LogP contribution in [-0.4, -0.2) is 64.3 Å². The van der Waals surface area contributed by atoms with Crippen LogP contribution in [0.15, 0.2) is 11.2 Å². The van der Waals surface area contributed by atoms with E-state index >= 15 is 0 Å². The van der Waals surface area contributed by atoms with E-state index in [-0.39, 0.29) is 24.0 Å².